The molecule has 0 fully saturated rings. The van der Waals surface area contributed by atoms with Crippen molar-refractivity contribution in [1.29, 1.82) is 0 Å². The smallest absolute Gasteiger partial charge is 0.224 e. The number of benzene rings is 3. The van der Waals surface area contributed by atoms with Crippen LogP contribution in [-0.4, -0.2) is 36.4 Å². The fourth-order valence-corrected chi connectivity index (χ4v) is 4.47. The van der Waals surface area contributed by atoms with Crippen LogP contribution in [0.4, 0.5) is 0 Å². The van der Waals surface area contributed by atoms with E-state index in [1.165, 1.54) is 0 Å². The van der Waals surface area contributed by atoms with Crippen LogP contribution in [0.15, 0.2) is 84.9 Å². The molecular weight excluding hydrogens is 454 g/mol. The van der Waals surface area contributed by atoms with Gasteiger partial charge in [-0.1, -0.05) is 85.8 Å². The molecule has 0 saturated heterocycles. The topological polar surface area (TPSA) is 45.2 Å². The standard InChI is InChI=1S/C30H33N3O.ClH/c1-4-27(22-13-7-5-8-14-22)31-29(34)21-26-24-17-11-12-18-28(24)32-30(23-15-9-6-10-16-23)25(26)19-20-33(2)3;/h5-18,27H,4,19-21H2,1-3H3,(H,31,34);1H/t27-;/m0./s1. The van der Waals surface area contributed by atoms with Crippen LogP contribution in [-0.2, 0) is 17.6 Å². The Labute approximate surface area is 214 Å². The molecule has 4 nitrogen and oxygen atoms in total. The van der Waals surface area contributed by atoms with Gasteiger partial charge in [-0.15, -0.1) is 12.4 Å². The summed E-state index contributed by atoms with van der Waals surface area (Å²) >= 11 is 0. The summed E-state index contributed by atoms with van der Waals surface area (Å²) < 4.78 is 0. The molecule has 0 aliphatic carbocycles. The maximum absolute atomic E-state index is 13.4. The van der Waals surface area contributed by atoms with E-state index in [-0.39, 0.29) is 24.4 Å². The molecule has 0 unspecified atom stereocenters. The van der Waals surface area contributed by atoms with Gasteiger partial charge in [0.25, 0.3) is 0 Å². The highest BCUT2D eigenvalue weighted by Gasteiger charge is 2.20. The van der Waals surface area contributed by atoms with Gasteiger partial charge < -0.3 is 10.2 Å². The van der Waals surface area contributed by atoms with Gasteiger partial charge in [-0.05, 0) is 49.7 Å². The van der Waals surface area contributed by atoms with Crippen LogP contribution in [0.1, 0.15) is 36.1 Å². The third-order valence-corrected chi connectivity index (χ3v) is 6.25. The van der Waals surface area contributed by atoms with Crippen LogP contribution in [0.2, 0.25) is 0 Å². The second kappa shape index (κ2) is 12.5. The maximum Gasteiger partial charge on any atom is 0.224 e. The molecule has 0 aliphatic rings. The number of carbonyl (C=O) groups is 1. The number of para-hydroxylation sites is 1. The number of halogens is 1. The molecule has 0 bridgehead atoms. The Bertz CT molecular complexity index is 1240. The van der Waals surface area contributed by atoms with Crippen molar-refractivity contribution in [2.75, 3.05) is 20.6 Å². The lowest BCUT2D eigenvalue weighted by Gasteiger charge is -2.21. The third kappa shape index (κ3) is 6.47. The maximum atomic E-state index is 13.4. The monoisotopic (exact) mass is 487 g/mol. The molecule has 3 aromatic carbocycles. The van der Waals surface area contributed by atoms with Crippen molar-refractivity contribution in [3.8, 4) is 11.3 Å². The van der Waals surface area contributed by atoms with E-state index in [4.69, 9.17) is 4.98 Å². The van der Waals surface area contributed by atoms with Gasteiger partial charge >= 0.3 is 0 Å². The fourth-order valence-electron chi connectivity index (χ4n) is 4.47. The lowest BCUT2D eigenvalue weighted by Crippen LogP contribution is -2.30. The quantitative estimate of drug-likeness (QED) is 0.304. The van der Waals surface area contributed by atoms with Crippen LogP contribution in [0, 0.1) is 0 Å². The first-order valence-corrected chi connectivity index (χ1v) is 12.0. The highest BCUT2D eigenvalue weighted by molar-refractivity contribution is 5.92. The molecule has 0 radical (unpaired) electrons. The largest absolute Gasteiger partial charge is 0.349 e. The molecule has 35 heavy (non-hydrogen) atoms. The molecule has 4 rings (SSSR count). The predicted molar refractivity (Wildman–Crippen MR) is 148 cm³/mol. The zero-order chi connectivity index (χ0) is 23.9. The number of fused-ring (bicyclic) bond motifs is 1. The molecule has 1 aromatic heterocycles. The van der Waals surface area contributed by atoms with Crippen molar-refractivity contribution < 1.29 is 4.79 Å². The van der Waals surface area contributed by atoms with Crippen LogP contribution < -0.4 is 5.32 Å². The number of pyridine rings is 1. The molecule has 0 spiro atoms. The Balaban J connectivity index is 0.00000342. The molecule has 0 saturated carbocycles. The van der Waals surface area contributed by atoms with E-state index >= 15 is 0 Å². The van der Waals surface area contributed by atoms with Crippen molar-refractivity contribution in [2.24, 2.45) is 0 Å². The lowest BCUT2D eigenvalue weighted by atomic mass is 9.92. The number of likely N-dealkylation sites (N-methyl/N-ethyl adjacent to an activating group) is 1. The molecule has 1 amide bonds. The van der Waals surface area contributed by atoms with Crippen molar-refractivity contribution in [1.82, 2.24) is 15.2 Å². The van der Waals surface area contributed by atoms with Crippen LogP contribution >= 0.6 is 12.4 Å². The average molecular weight is 488 g/mol. The Morgan fingerprint density at radius 3 is 2.17 bits per heavy atom. The normalized spacial score (nSPS) is 11.8. The van der Waals surface area contributed by atoms with E-state index in [1.54, 1.807) is 0 Å². The Kier molecular flexibility index (Phi) is 9.41. The van der Waals surface area contributed by atoms with Gasteiger partial charge in [0.1, 0.15) is 0 Å². The highest BCUT2D eigenvalue weighted by atomic mass is 35.5. The Morgan fingerprint density at radius 1 is 0.886 bits per heavy atom. The van der Waals surface area contributed by atoms with E-state index in [9.17, 15) is 4.79 Å². The number of carbonyl (C=O) groups excluding carboxylic acids is 1. The van der Waals surface area contributed by atoms with Gasteiger partial charge in [0, 0.05) is 17.5 Å². The molecule has 1 atom stereocenters. The van der Waals surface area contributed by atoms with E-state index in [0.717, 1.165) is 58.2 Å². The molecular formula is C30H34ClN3O. The summed E-state index contributed by atoms with van der Waals surface area (Å²) in [5, 5.41) is 4.33. The van der Waals surface area contributed by atoms with Crippen molar-refractivity contribution in [3.05, 3.63) is 102 Å². The minimum absolute atomic E-state index is 0. The molecule has 1 heterocycles. The number of nitrogens with one attached hydrogen (secondary N) is 1. The first kappa shape index (κ1) is 26.4. The minimum atomic E-state index is 0. The zero-order valence-corrected chi connectivity index (χ0v) is 21.5. The average Bonchev–Trinajstić information content (AvgIpc) is 2.87. The summed E-state index contributed by atoms with van der Waals surface area (Å²) in [6.45, 7) is 2.99. The third-order valence-electron chi connectivity index (χ3n) is 6.25. The molecule has 0 aliphatic heterocycles. The van der Waals surface area contributed by atoms with Crippen LogP contribution in [0.25, 0.3) is 22.2 Å². The van der Waals surface area contributed by atoms with E-state index < -0.39 is 0 Å². The molecule has 182 valence electrons. The number of rotatable bonds is 9. The first-order chi connectivity index (χ1) is 16.6. The van der Waals surface area contributed by atoms with Crippen molar-refractivity contribution >= 4 is 29.2 Å². The Morgan fingerprint density at radius 2 is 1.51 bits per heavy atom. The Hall–Kier alpha value is -3.21. The molecule has 1 N–H and O–H groups in total. The summed E-state index contributed by atoms with van der Waals surface area (Å²) in [5.41, 5.74) is 6.34. The predicted octanol–water partition coefficient (Wildman–Crippen LogP) is 6.24. The number of amides is 1. The van der Waals surface area contributed by atoms with Gasteiger partial charge in [0.2, 0.25) is 5.91 Å². The first-order valence-electron chi connectivity index (χ1n) is 12.0. The second-order valence-electron chi connectivity index (χ2n) is 8.97. The summed E-state index contributed by atoms with van der Waals surface area (Å²) in [4.78, 5) is 20.6. The van der Waals surface area contributed by atoms with Gasteiger partial charge in [0.15, 0.2) is 0 Å². The van der Waals surface area contributed by atoms with Crippen LogP contribution in [0.5, 0.6) is 0 Å². The lowest BCUT2D eigenvalue weighted by molar-refractivity contribution is -0.121. The molecule has 5 heteroatoms. The van der Waals surface area contributed by atoms with E-state index in [0.29, 0.717) is 6.42 Å². The number of nitrogens with zero attached hydrogens (tertiary/aromatic N) is 2. The van der Waals surface area contributed by atoms with Gasteiger partial charge in [-0.25, -0.2) is 4.98 Å². The van der Waals surface area contributed by atoms with Crippen LogP contribution in [0.3, 0.4) is 0 Å². The zero-order valence-electron chi connectivity index (χ0n) is 20.7. The molecule has 4 aromatic rings. The van der Waals surface area contributed by atoms with E-state index in [2.05, 4.69) is 61.6 Å². The van der Waals surface area contributed by atoms with Gasteiger partial charge in [-0.3, -0.25) is 4.79 Å². The summed E-state index contributed by atoms with van der Waals surface area (Å²) in [6, 6.07) is 28.7. The fraction of sp³-hybridized carbons (Fsp3) is 0.267. The minimum Gasteiger partial charge on any atom is -0.349 e. The van der Waals surface area contributed by atoms with Gasteiger partial charge in [0.05, 0.1) is 23.7 Å². The van der Waals surface area contributed by atoms with Crippen molar-refractivity contribution in [3.63, 3.8) is 0 Å². The SMILES string of the molecule is CC[C@H](NC(=O)Cc1c(CCN(C)C)c(-c2ccccc2)nc2ccccc12)c1ccccc1.Cl. The summed E-state index contributed by atoms with van der Waals surface area (Å²) in [7, 11) is 4.16. The van der Waals surface area contributed by atoms with Crippen molar-refractivity contribution in [2.45, 2.75) is 32.2 Å². The number of hydrogen-bond donors (Lipinski definition) is 1. The highest BCUT2D eigenvalue weighted by Crippen LogP contribution is 2.31. The summed E-state index contributed by atoms with van der Waals surface area (Å²) in [6.07, 6.45) is 2.00. The number of hydrogen-bond acceptors (Lipinski definition) is 3. The van der Waals surface area contributed by atoms with Gasteiger partial charge in [-0.2, -0.15) is 0 Å². The van der Waals surface area contributed by atoms with E-state index in [1.807, 2.05) is 54.6 Å². The summed E-state index contributed by atoms with van der Waals surface area (Å²) in [5.74, 6) is 0.0390. The number of aromatic nitrogens is 1. The second-order valence-corrected chi connectivity index (χ2v) is 8.97.